The van der Waals surface area contributed by atoms with Crippen LogP contribution in [0.25, 0.3) is 11.0 Å². The average molecular weight is 390 g/mol. The number of aryl methyl sites for hydroxylation is 1. The first-order chi connectivity index (χ1) is 14.0. The van der Waals surface area contributed by atoms with Crippen LogP contribution in [-0.2, 0) is 11.8 Å². The van der Waals surface area contributed by atoms with Crippen molar-refractivity contribution in [3.05, 3.63) is 70.5 Å². The highest BCUT2D eigenvalue weighted by Crippen LogP contribution is 2.23. The zero-order valence-electron chi connectivity index (χ0n) is 16.8. The van der Waals surface area contributed by atoms with Crippen LogP contribution in [-0.4, -0.2) is 28.5 Å². The topological polar surface area (TPSA) is 67.2 Å². The molecule has 2 aromatic carbocycles. The highest BCUT2D eigenvalue weighted by atomic mass is 16.2. The Morgan fingerprint density at radius 1 is 1.07 bits per heavy atom. The summed E-state index contributed by atoms with van der Waals surface area (Å²) in [5.74, 6) is 0.518. The van der Waals surface area contributed by atoms with Crippen LogP contribution in [0.5, 0.6) is 0 Å². The molecular formula is C23H26N4O2. The maximum Gasteiger partial charge on any atom is 0.293 e. The number of fused-ring (bicyclic) bond motifs is 1. The molecule has 1 aliphatic heterocycles. The first-order valence-electron chi connectivity index (χ1n) is 10.1. The molecule has 1 atom stereocenters. The first-order valence-corrected chi connectivity index (χ1v) is 10.1. The number of anilines is 1. The summed E-state index contributed by atoms with van der Waals surface area (Å²) in [7, 11) is 1.78. The lowest BCUT2D eigenvalue weighted by Crippen LogP contribution is -2.43. The lowest BCUT2D eigenvalue weighted by atomic mass is 9.95. The molecule has 0 spiro atoms. The lowest BCUT2D eigenvalue weighted by molar-refractivity contribution is -0.126. The van der Waals surface area contributed by atoms with Crippen LogP contribution in [0.4, 0.5) is 5.82 Å². The van der Waals surface area contributed by atoms with Gasteiger partial charge in [0.05, 0.1) is 17.1 Å². The molecule has 0 aliphatic carbocycles. The van der Waals surface area contributed by atoms with Gasteiger partial charge in [0.15, 0.2) is 5.82 Å². The standard InChI is InChI=1S/C23H26N4O2/c1-16(17-8-4-3-5-9-17)24-22(28)18-12-14-27(15-13-18)21-23(29)26(2)20-11-7-6-10-19(20)25-21/h3-11,16,18H,12-15H2,1-2H3,(H,24,28). The molecule has 1 fully saturated rings. The zero-order chi connectivity index (χ0) is 20.4. The van der Waals surface area contributed by atoms with Gasteiger partial charge in [0.2, 0.25) is 5.91 Å². The molecule has 6 nitrogen and oxygen atoms in total. The Kier molecular flexibility index (Phi) is 5.34. The molecular weight excluding hydrogens is 364 g/mol. The normalized spacial score (nSPS) is 16.0. The molecule has 1 unspecified atom stereocenters. The molecule has 1 saturated heterocycles. The van der Waals surface area contributed by atoms with Crippen LogP contribution in [0.3, 0.4) is 0 Å². The van der Waals surface area contributed by atoms with Gasteiger partial charge in [0.1, 0.15) is 0 Å². The smallest absolute Gasteiger partial charge is 0.293 e. The SMILES string of the molecule is CC(NC(=O)C1CCN(c2nc3ccccc3n(C)c2=O)CC1)c1ccccc1. The van der Waals surface area contributed by atoms with Crippen LogP contribution in [0.1, 0.15) is 31.4 Å². The van der Waals surface area contributed by atoms with E-state index in [0.29, 0.717) is 31.7 Å². The molecule has 1 amide bonds. The maximum atomic E-state index is 12.8. The summed E-state index contributed by atoms with van der Waals surface area (Å²) < 4.78 is 1.65. The molecule has 0 bridgehead atoms. The van der Waals surface area contributed by atoms with Crippen molar-refractivity contribution in [2.24, 2.45) is 13.0 Å². The third-order valence-electron chi connectivity index (χ3n) is 5.79. The average Bonchev–Trinajstić information content (AvgIpc) is 2.77. The molecule has 150 valence electrons. The number of nitrogens with one attached hydrogen (secondary N) is 1. The predicted octanol–water partition coefficient (Wildman–Crippen LogP) is 3.03. The Labute approximate surface area is 170 Å². The van der Waals surface area contributed by atoms with Crippen molar-refractivity contribution in [2.45, 2.75) is 25.8 Å². The number of para-hydroxylation sites is 2. The molecule has 3 aromatic rings. The van der Waals surface area contributed by atoms with Gasteiger partial charge in [-0.25, -0.2) is 4.98 Å². The number of amides is 1. The quantitative estimate of drug-likeness (QED) is 0.744. The fraction of sp³-hybridized carbons (Fsp3) is 0.348. The second-order valence-electron chi connectivity index (χ2n) is 7.69. The second-order valence-corrected chi connectivity index (χ2v) is 7.69. The number of carbonyl (C=O) groups excluding carboxylic acids is 1. The van der Waals surface area contributed by atoms with Crippen LogP contribution >= 0.6 is 0 Å². The number of hydrogen-bond acceptors (Lipinski definition) is 4. The van der Waals surface area contributed by atoms with Gasteiger partial charge >= 0.3 is 0 Å². The zero-order valence-corrected chi connectivity index (χ0v) is 16.8. The van der Waals surface area contributed by atoms with Gasteiger partial charge < -0.3 is 14.8 Å². The molecule has 1 aromatic heterocycles. The summed E-state index contributed by atoms with van der Waals surface area (Å²) in [4.78, 5) is 32.1. The minimum absolute atomic E-state index is 0.0174. The number of benzene rings is 2. The van der Waals surface area contributed by atoms with Gasteiger partial charge in [0, 0.05) is 26.1 Å². The fourth-order valence-corrected chi connectivity index (χ4v) is 3.98. The first kappa shape index (κ1) is 19.2. The number of rotatable bonds is 4. The molecule has 1 N–H and O–H groups in total. The Morgan fingerprint density at radius 2 is 1.72 bits per heavy atom. The lowest BCUT2D eigenvalue weighted by Gasteiger charge is -2.32. The van der Waals surface area contributed by atoms with Crippen LogP contribution in [0.15, 0.2) is 59.4 Å². The van der Waals surface area contributed by atoms with Crippen molar-refractivity contribution in [3.8, 4) is 0 Å². The predicted molar refractivity (Wildman–Crippen MR) is 115 cm³/mol. The minimum atomic E-state index is -0.0932. The van der Waals surface area contributed by atoms with Gasteiger partial charge in [-0.15, -0.1) is 0 Å². The highest BCUT2D eigenvalue weighted by Gasteiger charge is 2.28. The van der Waals surface area contributed by atoms with Crippen LogP contribution in [0, 0.1) is 5.92 Å². The molecule has 6 heteroatoms. The summed E-state index contributed by atoms with van der Waals surface area (Å²) in [6, 6.07) is 17.6. The van der Waals surface area contributed by atoms with E-state index < -0.39 is 0 Å². The number of hydrogen-bond donors (Lipinski definition) is 1. The summed E-state index contributed by atoms with van der Waals surface area (Å²) in [6.45, 7) is 3.31. The number of piperidine rings is 1. The Balaban J connectivity index is 1.43. The monoisotopic (exact) mass is 390 g/mol. The summed E-state index contributed by atoms with van der Waals surface area (Å²) >= 11 is 0. The van der Waals surface area contributed by atoms with Gasteiger partial charge in [-0.05, 0) is 37.5 Å². The largest absolute Gasteiger partial charge is 0.352 e. The van der Waals surface area contributed by atoms with Crippen molar-refractivity contribution in [1.29, 1.82) is 0 Å². The van der Waals surface area contributed by atoms with E-state index in [2.05, 4.69) is 10.3 Å². The number of carbonyl (C=O) groups is 1. The van der Waals surface area contributed by atoms with Crippen molar-refractivity contribution >= 4 is 22.8 Å². The Hall–Kier alpha value is -3.15. The number of aromatic nitrogens is 2. The maximum absolute atomic E-state index is 12.8. The highest BCUT2D eigenvalue weighted by molar-refractivity contribution is 5.79. The molecule has 4 rings (SSSR count). The van der Waals surface area contributed by atoms with Gasteiger partial charge in [0.25, 0.3) is 5.56 Å². The molecule has 2 heterocycles. The summed E-state index contributed by atoms with van der Waals surface area (Å²) in [5.41, 5.74) is 2.64. The summed E-state index contributed by atoms with van der Waals surface area (Å²) in [5, 5.41) is 3.13. The van der Waals surface area contributed by atoms with Crippen molar-refractivity contribution in [3.63, 3.8) is 0 Å². The van der Waals surface area contributed by atoms with E-state index in [4.69, 9.17) is 0 Å². The van der Waals surface area contributed by atoms with Crippen LogP contribution in [0.2, 0.25) is 0 Å². The third kappa shape index (κ3) is 3.88. The van der Waals surface area contributed by atoms with E-state index in [1.54, 1.807) is 11.6 Å². The Morgan fingerprint density at radius 3 is 2.45 bits per heavy atom. The van der Waals surface area contributed by atoms with E-state index in [1.165, 1.54) is 0 Å². The van der Waals surface area contributed by atoms with Gasteiger partial charge in [-0.3, -0.25) is 9.59 Å². The fourth-order valence-electron chi connectivity index (χ4n) is 3.98. The van der Waals surface area contributed by atoms with Crippen molar-refractivity contribution in [1.82, 2.24) is 14.9 Å². The van der Waals surface area contributed by atoms with Crippen molar-refractivity contribution < 1.29 is 4.79 Å². The van der Waals surface area contributed by atoms with E-state index >= 15 is 0 Å². The molecule has 0 saturated carbocycles. The second kappa shape index (κ2) is 8.07. The molecule has 1 aliphatic rings. The van der Waals surface area contributed by atoms with Crippen LogP contribution < -0.4 is 15.8 Å². The molecule has 0 radical (unpaired) electrons. The van der Waals surface area contributed by atoms with E-state index in [0.717, 1.165) is 16.6 Å². The summed E-state index contributed by atoms with van der Waals surface area (Å²) in [6.07, 6.45) is 1.43. The van der Waals surface area contributed by atoms with E-state index in [1.807, 2.05) is 66.4 Å². The Bertz CT molecular complexity index is 1070. The molecule has 29 heavy (non-hydrogen) atoms. The van der Waals surface area contributed by atoms with E-state index in [9.17, 15) is 9.59 Å². The van der Waals surface area contributed by atoms with Gasteiger partial charge in [-0.2, -0.15) is 0 Å². The van der Waals surface area contributed by atoms with Gasteiger partial charge in [-0.1, -0.05) is 42.5 Å². The number of nitrogens with zero attached hydrogens (tertiary/aromatic N) is 3. The third-order valence-corrected chi connectivity index (χ3v) is 5.79. The minimum Gasteiger partial charge on any atom is -0.352 e. The van der Waals surface area contributed by atoms with E-state index in [-0.39, 0.29) is 23.4 Å². The van der Waals surface area contributed by atoms with Crippen molar-refractivity contribution in [2.75, 3.05) is 18.0 Å².